The molecule has 126 valence electrons. The smallest absolute Gasteiger partial charge is 0.353 e. The Morgan fingerprint density at radius 3 is 2.14 bits per heavy atom. The van der Waals surface area contributed by atoms with Gasteiger partial charge in [0, 0.05) is 6.42 Å². The van der Waals surface area contributed by atoms with Crippen molar-refractivity contribution in [1.29, 1.82) is 0 Å². The van der Waals surface area contributed by atoms with Crippen molar-refractivity contribution in [3.8, 4) is 0 Å². The van der Waals surface area contributed by atoms with Gasteiger partial charge in [-0.3, -0.25) is 4.79 Å². The summed E-state index contributed by atoms with van der Waals surface area (Å²) in [6, 6.07) is 0. The first-order valence-corrected chi connectivity index (χ1v) is 11.1. The highest BCUT2D eigenvalue weighted by Crippen LogP contribution is 2.67. The molecule has 0 aromatic carbocycles. The van der Waals surface area contributed by atoms with Crippen LogP contribution in [0.25, 0.3) is 0 Å². The fourth-order valence-electron chi connectivity index (χ4n) is 3.36. The molecule has 1 saturated carbocycles. The quantitative estimate of drug-likeness (QED) is 0.402. The second-order valence-corrected chi connectivity index (χ2v) is 10.4. The van der Waals surface area contributed by atoms with E-state index in [1.165, 1.54) is 6.42 Å². The van der Waals surface area contributed by atoms with E-state index in [4.69, 9.17) is 9.26 Å². The van der Waals surface area contributed by atoms with Crippen molar-refractivity contribution >= 4 is 19.4 Å². The number of ether oxygens (including phenoxy) is 1. The number of carbonyl (C=O) groups is 2. The monoisotopic (exact) mass is 329 g/mol. The molecule has 1 aliphatic heterocycles. The van der Waals surface area contributed by atoms with Crippen LogP contribution in [0.4, 0.5) is 0 Å². The first kappa shape index (κ1) is 17.7. The molecule has 4 nitrogen and oxygen atoms in total. The predicted octanol–water partition coefficient (Wildman–Crippen LogP) is 4.04. The molecule has 22 heavy (non-hydrogen) atoms. The first-order valence-electron chi connectivity index (χ1n) is 8.88. The lowest BCUT2D eigenvalue weighted by Crippen LogP contribution is -2.36. The Morgan fingerprint density at radius 1 is 1.00 bits per heavy atom. The van der Waals surface area contributed by atoms with Crippen LogP contribution >= 0.6 is 7.49 Å². The highest BCUT2D eigenvalue weighted by Gasteiger charge is 2.50. The fourth-order valence-corrected chi connectivity index (χ4v) is 5.84. The second-order valence-electron chi connectivity index (χ2n) is 6.60. The van der Waals surface area contributed by atoms with Gasteiger partial charge in [0.25, 0.3) is 0 Å². The molecule has 1 aliphatic carbocycles. The van der Waals surface area contributed by atoms with E-state index in [1.807, 2.05) is 0 Å². The van der Waals surface area contributed by atoms with Crippen LogP contribution < -0.4 is 0 Å². The van der Waals surface area contributed by atoms with Crippen LogP contribution in [0.2, 0.25) is 0 Å². The van der Waals surface area contributed by atoms with E-state index < -0.39 is 7.49 Å². The van der Waals surface area contributed by atoms with Gasteiger partial charge in [-0.05, 0) is 26.2 Å². The molecule has 2 fully saturated rings. The van der Waals surface area contributed by atoms with E-state index in [0.29, 0.717) is 6.61 Å². The Balaban J connectivity index is 1.93. The Labute approximate surface area is 134 Å². The summed E-state index contributed by atoms with van der Waals surface area (Å²) in [4.78, 5) is 24.9. The molecule has 0 spiro atoms. The van der Waals surface area contributed by atoms with Crippen molar-refractivity contribution < 1.29 is 18.8 Å². The predicted molar refractivity (Wildman–Crippen MR) is 89.2 cm³/mol. The van der Waals surface area contributed by atoms with Crippen LogP contribution in [-0.4, -0.2) is 37.0 Å². The maximum absolute atomic E-state index is 12.6. The Bertz CT molecular complexity index is 387. The van der Waals surface area contributed by atoms with E-state index in [2.05, 4.69) is 13.8 Å². The van der Waals surface area contributed by atoms with Gasteiger partial charge in [0.15, 0.2) is 7.49 Å². The van der Waals surface area contributed by atoms with E-state index >= 15 is 0 Å². The average molecular weight is 329 g/mol. The third-order valence-electron chi connectivity index (χ3n) is 5.10. The molecule has 2 unspecified atom stereocenters. The number of hydrogen-bond donors (Lipinski definition) is 0. The van der Waals surface area contributed by atoms with Crippen molar-refractivity contribution in [1.82, 2.24) is 0 Å². The largest absolute Gasteiger partial charge is 0.465 e. The lowest BCUT2D eigenvalue weighted by molar-refractivity contribution is -0.158. The zero-order chi connectivity index (χ0) is 16.0. The lowest BCUT2D eigenvalue weighted by atomic mass is 9.79. The average Bonchev–Trinajstić information content (AvgIpc) is 2.51. The van der Waals surface area contributed by atoms with Crippen LogP contribution in [-0.2, 0) is 18.8 Å². The molecule has 1 heterocycles. The molecule has 0 aromatic heterocycles. The summed E-state index contributed by atoms with van der Waals surface area (Å²) >= 11 is 0. The van der Waals surface area contributed by atoms with Crippen molar-refractivity contribution in [2.24, 2.45) is 11.8 Å². The minimum absolute atomic E-state index is 0.118. The number of esters is 1. The molecule has 0 bridgehead atoms. The molecular weight excluding hydrogens is 299 g/mol. The molecule has 0 radical (unpaired) electrons. The van der Waals surface area contributed by atoms with E-state index in [1.54, 1.807) is 0 Å². The van der Waals surface area contributed by atoms with E-state index in [9.17, 15) is 9.59 Å². The molecular formula is C17H30O4P+. The van der Waals surface area contributed by atoms with Gasteiger partial charge in [0.05, 0.1) is 36.9 Å². The van der Waals surface area contributed by atoms with Gasteiger partial charge >= 0.3 is 11.9 Å². The topological polar surface area (TPSA) is 52.6 Å². The van der Waals surface area contributed by atoms with Crippen LogP contribution in [0.1, 0.15) is 58.8 Å². The fraction of sp³-hybridized carbons (Fsp3) is 0.882. The zero-order valence-electron chi connectivity index (χ0n) is 14.0. The minimum atomic E-state index is -1.46. The van der Waals surface area contributed by atoms with Crippen molar-refractivity contribution in [3.63, 3.8) is 0 Å². The molecule has 0 amide bonds. The summed E-state index contributed by atoms with van der Waals surface area (Å²) < 4.78 is 11.3. The van der Waals surface area contributed by atoms with Gasteiger partial charge in [-0.15, -0.1) is 0 Å². The Hall–Kier alpha value is -0.630. The zero-order valence-corrected chi connectivity index (χ0v) is 14.9. The summed E-state index contributed by atoms with van der Waals surface area (Å²) in [7, 11) is -1.46. The third kappa shape index (κ3) is 4.22. The molecule has 2 aliphatic rings. The van der Waals surface area contributed by atoms with Gasteiger partial charge < -0.3 is 9.26 Å². The maximum Gasteiger partial charge on any atom is 0.353 e. The normalized spacial score (nSPS) is 26.8. The summed E-state index contributed by atoms with van der Waals surface area (Å²) in [5.41, 5.74) is 0. The van der Waals surface area contributed by atoms with Crippen LogP contribution in [0.5, 0.6) is 0 Å². The maximum atomic E-state index is 12.6. The summed E-state index contributed by atoms with van der Waals surface area (Å²) in [6.45, 7) is 4.66. The van der Waals surface area contributed by atoms with E-state index in [-0.39, 0.29) is 23.8 Å². The summed E-state index contributed by atoms with van der Waals surface area (Å²) in [5.74, 6) is -0.859. The summed E-state index contributed by atoms with van der Waals surface area (Å²) in [5, 5.41) is 0. The lowest BCUT2D eigenvalue weighted by Gasteiger charge is -2.34. The van der Waals surface area contributed by atoms with Gasteiger partial charge in [-0.2, -0.15) is 0 Å². The molecule has 2 rings (SSSR count). The minimum Gasteiger partial charge on any atom is -0.465 e. The standard InChI is InChI=1S/C17H30O4P/c1-3-5-11-20-16(18)14-9-6-7-10-15(14)17(19)21-22(4-2)12-8-13-22/h14-15H,3-13H2,1-2H3/q+1. The van der Waals surface area contributed by atoms with Crippen molar-refractivity contribution in [3.05, 3.63) is 0 Å². The highest BCUT2D eigenvalue weighted by molar-refractivity contribution is 7.73. The van der Waals surface area contributed by atoms with Crippen LogP contribution in [0, 0.1) is 11.8 Å². The highest BCUT2D eigenvalue weighted by atomic mass is 31.2. The number of unbranched alkanes of at least 4 members (excludes halogenated alkanes) is 1. The van der Waals surface area contributed by atoms with Crippen LogP contribution in [0.15, 0.2) is 0 Å². The van der Waals surface area contributed by atoms with Crippen molar-refractivity contribution in [2.45, 2.75) is 58.8 Å². The van der Waals surface area contributed by atoms with Gasteiger partial charge in [-0.25, -0.2) is 4.79 Å². The van der Waals surface area contributed by atoms with E-state index in [0.717, 1.165) is 57.0 Å². The molecule has 0 N–H and O–H groups in total. The number of rotatable bonds is 7. The molecule has 5 heteroatoms. The van der Waals surface area contributed by atoms with Gasteiger partial charge in [-0.1, -0.05) is 26.2 Å². The SMILES string of the molecule is CCCCOC(=O)C1CCCCC1C(=O)O[P+]1(CC)CCC1. The first-order chi connectivity index (χ1) is 10.6. The summed E-state index contributed by atoms with van der Waals surface area (Å²) in [6.07, 6.45) is 9.77. The van der Waals surface area contributed by atoms with Gasteiger partial charge in [0.1, 0.15) is 0 Å². The third-order valence-corrected chi connectivity index (χ3v) is 9.09. The molecule has 0 aromatic rings. The Kier molecular flexibility index (Phi) is 6.67. The second kappa shape index (κ2) is 8.29. The molecule has 2 atom stereocenters. The molecule has 1 saturated heterocycles. The van der Waals surface area contributed by atoms with Crippen LogP contribution in [0.3, 0.4) is 0 Å². The van der Waals surface area contributed by atoms with Gasteiger partial charge in [0.2, 0.25) is 0 Å². The number of hydrogen-bond acceptors (Lipinski definition) is 4. The number of carbonyl (C=O) groups excluding carboxylic acids is 2. The van der Waals surface area contributed by atoms with Crippen molar-refractivity contribution in [2.75, 3.05) is 25.1 Å². The Morgan fingerprint density at radius 2 is 1.64 bits per heavy atom.